The maximum atomic E-state index is 4.41. The van der Waals surface area contributed by atoms with Crippen LogP contribution in [0.4, 0.5) is 0 Å². The van der Waals surface area contributed by atoms with Gasteiger partial charge in [-0.2, -0.15) is 0 Å². The lowest BCUT2D eigenvalue weighted by Crippen LogP contribution is -2.33. The molecule has 2 unspecified atom stereocenters. The topological polar surface area (TPSA) is 29.9 Å². The number of nitrogens with one attached hydrogen (secondary N) is 1. The van der Waals surface area contributed by atoms with E-state index in [1.165, 1.54) is 25.1 Å². The molecule has 0 spiro atoms. The fraction of sp³-hybridized carbons (Fsp3) is 0.750. The van der Waals surface area contributed by atoms with Gasteiger partial charge in [-0.05, 0) is 25.3 Å². The number of aromatic nitrogens is 2. The van der Waals surface area contributed by atoms with Gasteiger partial charge in [0.2, 0.25) is 0 Å². The first-order valence-corrected chi connectivity index (χ1v) is 6.01. The zero-order chi connectivity index (χ0) is 10.7. The number of aryl methyl sites for hydroxylation is 1. The van der Waals surface area contributed by atoms with E-state index in [0.29, 0.717) is 6.04 Å². The van der Waals surface area contributed by atoms with Crippen LogP contribution in [0.3, 0.4) is 0 Å². The van der Waals surface area contributed by atoms with Gasteiger partial charge in [-0.25, -0.2) is 4.98 Å². The first-order chi connectivity index (χ1) is 7.31. The van der Waals surface area contributed by atoms with Gasteiger partial charge in [-0.1, -0.05) is 13.3 Å². The summed E-state index contributed by atoms with van der Waals surface area (Å²) >= 11 is 0. The molecule has 3 nitrogen and oxygen atoms in total. The van der Waals surface area contributed by atoms with Crippen LogP contribution in [-0.2, 0) is 13.5 Å². The molecular formula is C12H21N3. The average Bonchev–Trinajstić information content (AvgIpc) is 2.80. The van der Waals surface area contributed by atoms with E-state index < -0.39 is 0 Å². The van der Waals surface area contributed by atoms with Crippen molar-refractivity contribution in [2.24, 2.45) is 13.0 Å². The Morgan fingerprint density at radius 2 is 2.40 bits per heavy atom. The third-order valence-corrected chi connectivity index (χ3v) is 3.49. The van der Waals surface area contributed by atoms with Gasteiger partial charge in [0.05, 0.1) is 0 Å². The molecule has 0 saturated heterocycles. The van der Waals surface area contributed by atoms with Crippen molar-refractivity contribution in [3.8, 4) is 0 Å². The second-order valence-electron chi connectivity index (χ2n) is 4.51. The van der Waals surface area contributed by atoms with E-state index in [1.807, 2.05) is 12.4 Å². The Balaban J connectivity index is 1.96. The summed E-state index contributed by atoms with van der Waals surface area (Å²) in [6.07, 6.45) is 9.11. The van der Waals surface area contributed by atoms with Crippen LogP contribution in [-0.4, -0.2) is 22.1 Å². The van der Waals surface area contributed by atoms with Gasteiger partial charge in [0.25, 0.3) is 0 Å². The zero-order valence-corrected chi connectivity index (χ0v) is 9.74. The fourth-order valence-electron chi connectivity index (χ4n) is 2.64. The van der Waals surface area contributed by atoms with Crippen LogP contribution < -0.4 is 5.32 Å². The molecular weight excluding hydrogens is 186 g/mol. The molecule has 0 amide bonds. The standard InChI is InChI=1S/C12H21N3/c1-3-13-11-6-4-5-10(11)9-12-14-7-8-15(12)2/h7-8,10-11,13H,3-6,9H2,1-2H3. The normalized spacial score (nSPS) is 26.0. The third-order valence-electron chi connectivity index (χ3n) is 3.49. The molecule has 3 heteroatoms. The lowest BCUT2D eigenvalue weighted by molar-refractivity contribution is 0.397. The Kier molecular flexibility index (Phi) is 3.41. The first kappa shape index (κ1) is 10.7. The second kappa shape index (κ2) is 4.79. The Morgan fingerprint density at radius 3 is 3.07 bits per heavy atom. The van der Waals surface area contributed by atoms with E-state index in [1.54, 1.807) is 0 Å². The van der Waals surface area contributed by atoms with E-state index in [0.717, 1.165) is 18.9 Å². The molecule has 1 saturated carbocycles. The van der Waals surface area contributed by atoms with E-state index in [-0.39, 0.29) is 0 Å². The van der Waals surface area contributed by atoms with Crippen molar-refractivity contribution in [3.63, 3.8) is 0 Å². The molecule has 1 fully saturated rings. The van der Waals surface area contributed by atoms with Crippen LogP contribution in [0.15, 0.2) is 12.4 Å². The summed E-state index contributed by atoms with van der Waals surface area (Å²) < 4.78 is 2.14. The summed E-state index contributed by atoms with van der Waals surface area (Å²) in [5, 5.41) is 3.59. The summed E-state index contributed by atoms with van der Waals surface area (Å²) in [5.74, 6) is 2.01. The molecule has 0 radical (unpaired) electrons. The van der Waals surface area contributed by atoms with Gasteiger partial charge in [0.15, 0.2) is 0 Å². The van der Waals surface area contributed by atoms with Crippen molar-refractivity contribution in [3.05, 3.63) is 18.2 Å². The Bertz CT molecular complexity index is 306. The predicted octanol–water partition coefficient (Wildman–Crippen LogP) is 1.74. The number of hydrogen-bond donors (Lipinski definition) is 1. The van der Waals surface area contributed by atoms with E-state index >= 15 is 0 Å². The molecule has 0 aliphatic heterocycles. The number of nitrogens with zero attached hydrogens (tertiary/aromatic N) is 2. The van der Waals surface area contributed by atoms with Crippen molar-refractivity contribution in [2.45, 2.75) is 38.6 Å². The number of rotatable bonds is 4. The van der Waals surface area contributed by atoms with E-state index in [2.05, 4.69) is 28.8 Å². The fourth-order valence-corrected chi connectivity index (χ4v) is 2.64. The lowest BCUT2D eigenvalue weighted by atomic mass is 9.99. The predicted molar refractivity (Wildman–Crippen MR) is 61.7 cm³/mol. The van der Waals surface area contributed by atoms with Crippen molar-refractivity contribution in [1.29, 1.82) is 0 Å². The molecule has 2 atom stereocenters. The van der Waals surface area contributed by atoms with Crippen molar-refractivity contribution >= 4 is 0 Å². The van der Waals surface area contributed by atoms with Gasteiger partial charge >= 0.3 is 0 Å². The minimum Gasteiger partial charge on any atom is -0.338 e. The van der Waals surface area contributed by atoms with Crippen molar-refractivity contribution < 1.29 is 0 Å². The summed E-state index contributed by atoms with van der Waals surface area (Å²) in [6.45, 7) is 3.28. The molecule has 2 rings (SSSR count). The third kappa shape index (κ3) is 2.40. The van der Waals surface area contributed by atoms with Gasteiger partial charge < -0.3 is 9.88 Å². The van der Waals surface area contributed by atoms with Gasteiger partial charge in [-0.3, -0.25) is 0 Å². The molecule has 1 heterocycles. The molecule has 1 aliphatic carbocycles. The molecule has 84 valence electrons. The Morgan fingerprint density at radius 1 is 1.53 bits per heavy atom. The molecule has 1 N–H and O–H groups in total. The maximum absolute atomic E-state index is 4.41. The van der Waals surface area contributed by atoms with Crippen LogP contribution in [0.5, 0.6) is 0 Å². The highest BCUT2D eigenvalue weighted by Crippen LogP contribution is 2.28. The zero-order valence-electron chi connectivity index (χ0n) is 9.74. The highest BCUT2D eigenvalue weighted by molar-refractivity contribution is 4.96. The SMILES string of the molecule is CCNC1CCCC1Cc1nccn1C. The van der Waals surface area contributed by atoms with Gasteiger partial charge in [0, 0.05) is 31.9 Å². The van der Waals surface area contributed by atoms with Crippen LogP contribution in [0.2, 0.25) is 0 Å². The molecule has 1 aliphatic rings. The largest absolute Gasteiger partial charge is 0.338 e. The summed E-state index contributed by atoms with van der Waals surface area (Å²) in [5.41, 5.74) is 0. The van der Waals surface area contributed by atoms with Gasteiger partial charge in [0.1, 0.15) is 5.82 Å². The quantitative estimate of drug-likeness (QED) is 0.815. The smallest absolute Gasteiger partial charge is 0.108 e. The maximum Gasteiger partial charge on any atom is 0.108 e. The van der Waals surface area contributed by atoms with Crippen LogP contribution in [0.25, 0.3) is 0 Å². The molecule has 0 bridgehead atoms. The van der Waals surface area contributed by atoms with E-state index in [9.17, 15) is 0 Å². The highest BCUT2D eigenvalue weighted by Gasteiger charge is 2.27. The van der Waals surface area contributed by atoms with Crippen LogP contribution in [0.1, 0.15) is 32.0 Å². The molecule has 1 aromatic rings. The van der Waals surface area contributed by atoms with E-state index in [4.69, 9.17) is 0 Å². The van der Waals surface area contributed by atoms with Crippen molar-refractivity contribution in [2.75, 3.05) is 6.54 Å². The molecule has 15 heavy (non-hydrogen) atoms. The average molecular weight is 207 g/mol. The molecule has 0 aromatic carbocycles. The lowest BCUT2D eigenvalue weighted by Gasteiger charge is -2.19. The second-order valence-corrected chi connectivity index (χ2v) is 4.51. The highest BCUT2D eigenvalue weighted by atomic mass is 15.0. The Hall–Kier alpha value is -0.830. The minimum atomic E-state index is 0.715. The molecule has 1 aromatic heterocycles. The number of hydrogen-bond acceptors (Lipinski definition) is 2. The monoisotopic (exact) mass is 207 g/mol. The van der Waals surface area contributed by atoms with Crippen LogP contribution in [0, 0.1) is 5.92 Å². The van der Waals surface area contributed by atoms with Gasteiger partial charge in [-0.15, -0.1) is 0 Å². The summed E-state index contributed by atoms with van der Waals surface area (Å²) in [6, 6.07) is 0.715. The minimum absolute atomic E-state index is 0.715. The van der Waals surface area contributed by atoms with Crippen molar-refractivity contribution in [1.82, 2.24) is 14.9 Å². The Labute approximate surface area is 91.9 Å². The number of imidazole rings is 1. The first-order valence-electron chi connectivity index (χ1n) is 6.01. The summed E-state index contributed by atoms with van der Waals surface area (Å²) in [4.78, 5) is 4.41. The summed E-state index contributed by atoms with van der Waals surface area (Å²) in [7, 11) is 2.08. The van der Waals surface area contributed by atoms with Crippen LogP contribution >= 0.6 is 0 Å².